The second-order valence-electron chi connectivity index (χ2n) is 4.83. The van der Waals surface area contributed by atoms with Crippen LogP contribution in [0.15, 0.2) is 24.3 Å². The average molecular weight is 325 g/mol. The molecule has 4 nitrogen and oxygen atoms in total. The third kappa shape index (κ3) is 5.43. The van der Waals surface area contributed by atoms with E-state index in [1.165, 1.54) is 12.1 Å². The van der Waals surface area contributed by atoms with E-state index in [1.807, 2.05) is 0 Å². The fraction of sp³-hybridized carbons (Fsp3) is 0.462. The van der Waals surface area contributed by atoms with Crippen LogP contribution in [-0.4, -0.2) is 18.3 Å². The van der Waals surface area contributed by atoms with Gasteiger partial charge < -0.3 is 15.8 Å². The molecule has 0 spiro atoms. The van der Waals surface area contributed by atoms with Crippen LogP contribution >= 0.6 is 12.4 Å². The van der Waals surface area contributed by atoms with Crippen molar-refractivity contribution in [1.29, 1.82) is 0 Å². The Morgan fingerprint density at radius 1 is 1.24 bits per heavy atom. The molecule has 0 heterocycles. The molecule has 1 amide bonds. The first-order valence-electron chi connectivity index (χ1n) is 6.26. The first kappa shape index (κ1) is 17.6. The zero-order chi connectivity index (χ0) is 14.8. The third-order valence-corrected chi connectivity index (χ3v) is 3.20. The standard InChI is InChI=1S/C13H15F3N2O2.ClH/c14-13(15,16)20-11-5-3-10(4-6-11)18-12(19)8-1-2-9(17)7-8;/h3-6,8-9H,1-2,7,17H2,(H,18,19);1H. The second-order valence-corrected chi connectivity index (χ2v) is 4.83. The van der Waals surface area contributed by atoms with Crippen LogP contribution < -0.4 is 15.8 Å². The molecule has 8 heteroatoms. The maximum absolute atomic E-state index is 12.0. The minimum Gasteiger partial charge on any atom is -0.406 e. The van der Waals surface area contributed by atoms with Gasteiger partial charge in [-0.1, -0.05) is 0 Å². The summed E-state index contributed by atoms with van der Waals surface area (Å²) in [5, 5.41) is 2.66. The minimum absolute atomic E-state index is 0. The van der Waals surface area contributed by atoms with Gasteiger partial charge >= 0.3 is 6.36 Å². The van der Waals surface area contributed by atoms with Gasteiger partial charge in [-0.25, -0.2) is 0 Å². The highest BCUT2D eigenvalue weighted by Gasteiger charge is 2.31. The SMILES string of the molecule is Cl.NC1CCC(C(=O)Nc2ccc(OC(F)(F)F)cc2)C1. The van der Waals surface area contributed by atoms with Gasteiger partial charge in [0.1, 0.15) is 5.75 Å². The van der Waals surface area contributed by atoms with Crippen LogP contribution in [0.2, 0.25) is 0 Å². The molecule has 2 atom stereocenters. The van der Waals surface area contributed by atoms with Gasteiger partial charge in [-0.05, 0) is 43.5 Å². The normalized spacial score (nSPS) is 21.5. The van der Waals surface area contributed by atoms with E-state index in [9.17, 15) is 18.0 Å². The summed E-state index contributed by atoms with van der Waals surface area (Å²) in [6.45, 7) is 0. The molecule has 0 aromatic heterocycles. The number of ether oxygens (including phenoxy) is 1. The number of rotatable bonds is 3. The number of anilines is 1. The molecule has 1 aliphatic carbocycles. The van der Waals surface area contributed by atoms with E-state index in [-0.39, 0.29) is 36.0 Å². The minimum atomic E-state index is -4.72. The summed E-state index contributed by atoms with van der Waals surface area (Å²) in [7, 11) is 0. The third-order valence-electron chi connectivity index (χ3n) is 3.20. The lowest BCUT2D eigenvalue weighted by Gasteiger charge is -2.12. The van der Waals surface area contributed by atoms with Gasteiger partial charge in [0.15, 0.2) is 0 Å². The molecule has 21 heavy (non-hydrogen) atoms. The van der Waals surface area contributed by atoms with Crippen molar-refractivity contribution in [3.63, 3.8) is 0 Å². The zero-order valence-electron chi connectivity index (χ0n) is 11.0. The summed E-state index contributed by atoms with van der Waals surface area (Å²) in [5.41, 5.74) is 6.17. The Labute approximate surface area is 126 Å². The lowest BCUT2D eigenvalue weighted by molar-refractivity contribution is -0.274. The number of benzene rings is 1. The van der Waals surface area contributed by atoms with E-state index in [2.05, 4.69) is 10.1 Å². The first-order valence-corrected chi connectivity index (χ1v) is 6.26. The first-order chi connectivity index (χ1) is 9.33. The summed E-state index contributed by atoms with van der Waals surface area (Å²) in [5.74, 6) is -0.600. The lowest BCUT2D eigenvalue weighted by Crippen LogP contribution is -2.23. The Kier molecular flexibility index (Phi) is 5.86. The fourth-order valence-corrected chi connectivity index (χ4v) is 2.24. The fourth-order valence-electron chi connectivity index (χ4n) is 2.24. The van der Waals surface area contributed by atoms with Crippen molar-refractivity contribution in [3.05, 3.63) is 24.3 Å². The number of amides is 1. The van der Waals surface area contributed by atoms with Crippen LogP contribution in [0.5, 0.6) is 5.75 Å². The second kappa shape index (κ2) is 7.00. The molecule has 2 rings (SSSR count). The highest BCUT2D eigenvalue weighted by molar-refractivity contribution is 5.92. The lowest BCUT2D eigenvalue weighted by atomic mass is 10.1. The Morgan fingerprint density at radius 3 is 2.33 bits per heavy atom. The number of halogens is 4. The number of alkyl halides is 3. The number of nitrogens with one attached hydrogen (secondary N) is 1. The number of carbonyl (C=O) groups is 1. The van der Waals surface area contributed by atoms with Crippen molar-refractivity contribution in [2.45, 2.75) is 31.7 Å². The quantitative estimate of drug-likeness (QED) is 0.898. The van der Waals surface area contributed by atoms with Crippen molar-refractivity contribution >= 4 is 24.0 Å². The summed E-state index contributed by atoms with van der Waals surface area (Å²) in [4.78, 5) is 11.9. The van der Waals surface area contributed by atoms with Crippen LogP contribution in [-0.2, 0) is 4.79 Å². The van der Waals surface area contributed by atoms with Gasteiger partial charge in [0.25, 0.3) is 0 Å². The number of nitrogens with two attached hydrogens (primary N) is 1. The Bertz CT molecular complexity index is 479. The van der Waals surface area contributed by atoms with Crippen molar-refractivity contribution < 1.29 is 22.7 Å². The maximum atomic E-state index is 12.0. The highest BCUT2D eigenvalue weighted by Crippen LogP contribution is 2.27. The molecule has 1 aromatic carbocycles. The number of hydrogen-bond donors (Lipinski definition) is 2. The largest absolute Gasteiger partial charge is 0.573 e. The van der Waals surface area contributed by atoms with Crippen LogP contribution in [0, 0.1) is 5.92 Å². The molecule has 118 valence electrons. The van der Waals surface area contributed by atoms with Crippen LogP contribution in [0.4, 0.5) is 18.9 Å². The molecule has 1 saturated carbocycles. The van der Waals surface area contributed by atoms with E-state index in [0.717, 1.165) is 25.0 Å². The van der Waals surface area contributed by atoms with Gasteiger partial charge in [0.2, 0.25) is 5.91 Å². The van der Waals surface area contributed by atoms with Crippen molar-refractivity contribution in [2.75, 3.05) is 5.32 Å². The molecule has 0 bridgehead atoms. The molecule has 0 aliphatic heterocycles. The van der Waals surface area contributed by atoms with Gasteiger partial charge in [0.05, 0.1) is 0 Å². The number of hydrogen-bond acceptors (Lipinski definition) is 3. The van der Waals surface area contributed by atoms with Gasteiger partial charge in [0, 0.05) is 17.6 Å². The smallest absolute Gasteiger partial charge is 0.406 e. The predicted octanol–water partition coefficient (Wildman–Crippen LogP) is 3.07. The molecule has 0 saturated heterocycles. The van der Waals surface area contributed by atoms with E-state index >= 15 is 0 Å². The Balaban J connectivity index is 0.00000220. The van der Waals surface area contributed by atoms with Crippen LogP contribution in [0.1, 0.15) is 19.3 Å². The van der Waals surface area contributed by atoms with Gasteiger partial charge in [-0.2, -0.15) is 0 Å². The van der Waals surface area contributed by atoms with Crippen LogP contribution in [0.25, 0.3) is 0 Å². The predicted molar refractivity (Wildman–Crippen MR) is 74.3 cm³/mol. The topological polar surface area (TPSA) is 64.4 Å². The molecule has 0 radical (unpaired) electrons. The summed E-state index contributed by atoms with van der Waals surface area (Å²) in [6, 6.07) is 5.10. The Morgan fingerprint density at radius 2 is 1.86 bits per heavy atom. The van der Waals surface area contributed by atoms with Crippen molar-refractivity contribution in [1.82, 2.24) is 0 Å². The molecule has 1 fully saturated rings. The van der Waals surface area contributed by atoms with Gasteiger partial charge in [-0.15, -0.1) is 25.6 Å². The van der Waals surface area contributed by atoms with E-state index < -0.39 is 6.36 Å². The summed E-state index contributed by atoms with van der Waals surface area (Å²) < 4.78 is 39.7. The molecular weight excluding hydrogens is 309 g/mol. The summed E-state index contributed by atoms with van der Waals surface area (Å²) >= 11 is 0. The molecular formula is C13H16ClF3N2O2. The monoisotopic (exact) mass is 324 g/mol. The zero-order valence-corrected chi connectivity index (χ0v) is 11.8. The number of carbonyl (C=O) groups excluding carboxylic acids is 1. The van der Waals surface area contributed by atoms with Gasteiger partial charge in [-0.3, -0.25) is 4.79 Å². The highest BCUT2D eigenvalue weighted by atomic mass is 35.5. The van der Waals surface area contributed by atoms with E-state index in [0.29, 0.717) is 12.1 Å². The average Bonchev–Trinajstić information content (AvgIpc) is 2.77. The maximum Gasteiger partial charge on any atom is 0.573 e. The summed E-state index contributed by atoms with van der Waals surface area (Å²) in [6.07, 6.45) is -2.52. The molecule has 2 unspecified atom stereocenters. The van der Waals surface area contributed by atoms with E-state index in [1.54, 1.807) is 0 Å². The molecule has 3 N–H and O–H groups in total. The van der Waals surface area contributed by atoms with Crippen molar-refractivity contribution in [3.8, 4) is 5.75 Å². The molecule has 1 aromatic rings. The van der Waals surface area contributed by atoms with Crippen LogP contribution in [0.3, 0.4) is 0 Å². The Hall–Kier alpha value is -1.47. The van der Waals surface area contributed by atoms with E-state index in [4.69, 9.17) is 5.73 Å². The molecule has 1 aliphatic rings. The van der Waals surface area contributed by atoms with Crippen molar-refractivity contribution in [2.24, 2.45) is 11.7 Å².